The summed E-state index contributed by atoms with van der Waals surface area (Å²) >= 11 is 3.38. The van der Waals surface area contributed by atoms with Gasteiger partial charge in [0.25, 0.3) is 5.91 Å². The van der Waals surface area contributed by atoms with Crippen molar-refractivity contribution in [3.8, 4) is 0 Å². The number of nitrogens with zero attached hydrogens (tertiary/aromatic N) is 3. The van der Waals surface area contributed by atoms with E-state index in [0.29, 0.717) is 34.8 Å². The molecule has 5 rings (SSSR count). The van der Waals surface area contributed by atoms with E-state index in [1.165, 1.54) is 9.87 Å². The molecule has 2 aliphatic rings. The van der Waals surface area contributed by atoms with Crippen LogP contribution in [-0.2, 0) is 26.1 Å². The van der Waals surface area contributed by atoms with Crippen LogP contribution in [0.25, 0.3) is 10.9 Å². The van der Waals surface area contributed by atoms with Crippen molar-refractivity contribution in [3.63, 3.8) is 0 Å². The van der Waals surface area contributed by atoms with Crippen LogP contribution in [0, 0.1) is 0 Å². The number of sulfonamides is 1. The van der Waals surface area contributed by atoms with Gasteiger partial charge in [0.15, 0.2) is 6.29 Å². The number of carbonyl (C=O) groups is 2. The summed E-state index contributed by atoms with van der Waals surface area (Å²) in [4.78, 5) is 31.9. The minimum atomic E-state index is -4.00. The molecule has 0 bridgehead atoms. The molecule has 2 fully saturated rings. The summed E-state index contributed by atoms with van der Waals surface area (Å²) in [6.45, 7) is 3.97. The van der Waals surface area contributed by atoms with Crippen molar-refractivity contribution in [2.24, 2.45) is 0 Å². The molecule has 1 unspecified atom stereocenters. The topological polar surface area (TPSA) is 103 Å². The fraction of sp³-hybridized carbons (Fsp3) is 0.385. The Morgan fingerprint density at radius 3 is 2.54 bits per heavy atom. The Morgan fingerprint density at radius 2 is 1.81 bits per heavy atom. The molecule has 11 heteroatoms. The standard InChI is InChI=1S/C26H29BrN4O5S/c27-20-6-7-22-21(16-20)25(23(18-32)28-22)37(34,35)31-9-8-24(36-15-14-31)26(33)30-12-10-29(11-13-30)17-19-4-2-1-3-5-19/h1-7,16,18,24,28H,8-15,17H2. The molecule has 2 aliphatic heterocycles. The first-order valence-corrected chi connectivity index (χ1v) is 14.5. The predicted molar refractivity (Wildman–Crippen MR) is 143 cm³/mol. The van der Waals surface area contributed by atoms with Crippen molar-refractivity contribution in [1.29, 1.82) is 0 Å². The Kier molecular flexibility index (Phi) is 7.77. The first kappa shape index (κ1) is 26.1. The number of nitrogens with one attached hydrogen (secondary N) is 1. The van der Waals surface area contributed by atoms with Crippen LogP contribution in [0.15, 0.2) is 57.9 Å². The molecule has 196 valence electrons. The molecule has 0 aliphatic carbocycles. The van der Waals surface area contributed by atoms with Gasteiger partial charge in [-0.2, -0.15) is 4.31 Å². The van der Waals surface area contributed by atoms with E-state index in [1.807, 2.05) is 23.1 Å². The number of hydrogen-bond acceptors (Lipinski definition) is 6. The first-order valence-electron chi connectivity index (χ1n) is 12.3. The quantitative estimate of drug-likeness (QED) is 0.444. The number of hydrogen-bond donors (Lipinski definition) is 1. The molecule has 1 aromatic heterocycles. The first-order chi connectivity index (χ1) is 17.9. The average molecular weight is 590 g/mol. The van der Waals surface area contributed by atoms with Crippen LogP contribution in [-0.4, -0.2) is 91.7 Å². The van der Waals surface area contributed by atoms with E-state index < -0.39 is 16.1 Å². The summed E-state index contributed by atoms with van der Waals surface area (Å²) in [5.41, 5.74) is 1.82. The van der Waals surface area contributed by atoms with Crippen LogP contribution in [0.3, 0.4) is 0 Å². The number of benzene rings is 2. The average Bonchev–Trinajstić information content (AvgIpc) is 3.09. The van der Waals surface area contributed by atoms with Crippen LogP contribution in [0.5, 0.6) is 0 Å². The van der Waals surface area contributed by atoms with Gasteiger partial charge in [-0.15, -0.1) is 0 Å². The molecule has 37 heavy (non-hydrogen) atoms. The fourth-order valence-electron chi connectivity index (χ4n) is 5.01. The zero-order valence-electron chi connectivity index (χ0n) is 20.3. The third-order valence-corrected chi connectivity index (χ3v) is 9.46. The molecule has 3 aromatic rings. The van der Waals surface area contributed by atoms with Gasteiger partial charge in [-0.3, -0.25) is 14.5 Å². The van der Waals surface area contributed by atoms with E-state index in [2.05, 4.69) is 37.9 Å². The second kappa shape index (κ2) is 11.0. The van der Waals surface area contributed by atoms with E-state index in [9.17, 15) is 18.0 Å². The van der Waals surface area contributed by atoms with Gasteiger partial charge in [-0.25, -0.2) is 8.42 Å². The van der Waals surface area contributed by atoms with Gasteiger partial charge < -0.3 is 14.6 Å². The number of aromatic nitrogens is 1. The maximum Gasteiger partial charge on any atom is 0.251 e. The minimum absolute atomic E-state index is 0.0132. The summed E-state index contributed by atoms with van der Waals surface area (Å²) in [6.07, 6.45) is 0.0902. The third-order valence-electron chi connectivity index (χ3n) is 6.96. The molecular weight excluding hydrogens is 560 g/mol. The van der Waals surface area contributed by atoms with Crippen LogP contribution in [0.1, 0.15) is 22.5 Å². The fourth-order valence-corrected chi connectivity index (χ4v) is 7.11. The van der Waals surface area contributed by atoms with Crippen molar-refractivity contribution in [1.82, 2.24) is 19.1 Å². The Labute approximate surface area is 224 Å². The second-order valence-corrected chi connectivity index (χ2v) is 12.1. The third kappa shape index (κ3) is 5.51. The van der Waals surface area contributed by atoms with Crippen molar-refractivity contribution < 1.29 is 22.7 Å². The van der Waals surface area contributed by atoms with E-state index >= 15 is 0 Å². The van der Waals surface area contributed by atoms with Gasteiger partial charge in [0.1, 0.15) is 11.0 Å². The smallest absolute Gasteiger partial charge is 0.251 e. The predicted octanol–water partition coefficient (Wildman–Crippen LogP) is 2.87. The second-order valence-electron chi connectivity index (χ2n) is 9.31. The maximum absolute atomic E-state index is 13.6. The Bertz CT molecular complexity index is 1390. The molecule has 9 nitrogen and oxygen atoms in total. The molecule has 0 saturated carbocycles. The monoisotopic (exact) mass is 588 g/mol. The summed E-state index contributed by atoms with van der Waals surface area (Å²) < 4.78 is 35.2. The van der Waals surface area contributed by atoms with Gasteiger partial charge in [0.05, 0.1) is 12.3 Å². The minimum Gasteiger partial charge on any atom is -0.367 e. The summed E-state index contributed by atoms with van der Waals surface area (Å²) in [5, 5.41) is 0.447. The van der Waals surface area contributed by atoms with Crippen molar-refractivity contribution in [2.75, 3.05) is 45.9 Å². The number of piperazine rings is 1. The zero-order valence-corrected chi connectivity index (χ0v) is 22.7. The number of H-pyrrole nitrogens is 1. The Balaban J connectivity index is 1.24. The number of rotatable bonds is 6. The van der Waals surface area contributed by atoms with Gasteiger partial charge in [-0.1, -0.05) is 46.3 Å². The molecule has 3 heterocycles. The van der Waals surface area contributed by atoms with Gasteiger partial charge in [0.2, 0.25) is 10.0 Å². The number of aldehydes is 1. The molecule has 2 saturated heterocycles. The van der Waals surface area contributed by atoms with Crippen molar-refractivity contribution in [3.05, 3.63) is 64.3 Å². The molecule has 1 amide bonds. The summed E-state index contributed by atoms with van der Waals surface area (Å²) in [6, 6.07) is 15.4. The molecule has 0 radical (unpaired) electrons. The van der Waals surface area contributed by atoms with Gasteiger partial charge in [-0.05, 0) is 30.2 Å². The molecule has 1 N–H and O–H groups in total. The lowest BCUT2D eigenvalue weighted by molar-refractivity contribution is -0.145. The maximum atomic E-state index is 13.6. The highest BCUT2D eigenvalue weighted by atomic mass is 79.9. The summed E-state index contributed by atoms with van der Waals surface area (Å²) in [5.74, 6) is -0.0942. The van der Waals surface area contributed by atoms with E-state index in [4.69, 9.17) is 4.74 Å². The number of aromatic amines is 1. The lowest BCUT2D eigenvalue weighted by atomic mass is 10.1. The Hall–Kier alpha value is -2.57. The SMILES string of the molecule is O=Cc1[nH]c2ccc(Br)cc2c1S(=O)(=O)N1CCOC(C(=O)N2CCN(Cc3ccccc3)CC2)CC1. The lowest BCUT2D eigenvalue weighted by Crippen LogP contribution is -2.51. The van der Waals surface area contributed by atoms with Crippen LogP contribution >= 0.6 is 15.9 Å². The molecular formula is C26H29BrN4O5S. The highest BCUT2D eigenvalue weighted by Crippen LogP contribution is 2.31. The molecule has 0 spiro atoms. The number of carbonyl (C=O) groups excluding carboxylic acids is 2. The van der Waals surface area contributed by atoms with Crippen molar-refractivity contribution in [2.45, 2.75) is 24.0 Å². The normalized spacial score (nSPS) is 20.1. The lowest BCUT2D eigenvalue weighted by Gasteiger charge is -2.36. The van der Waals surface area contributed by atoms with Crippen LogP contribution < -0.4 is 0 Å². The number of ether oxygens (including phenoxy) is 1. The largest absolute Gasteiger partial charge is 0.367 e. The molecule has 1 atom stereocenters. The Morgan fingerprint density at radius 1 is 1.05 bits per heavy atom. The number of amides is 1. The zero-order chi connectivity index (χ0) is 26.0. The van der Waals surface area contributed by atoms with Crippen LogP contribution in [0.4, 0.5) is 0 Å². The molecule has 2 aromatic carbocycles. The van der Waals surface area contributed by atoms with Gasteiger partial charge >= 0.3 is 0 Å². The highest BCUT2D eigenvalue weighted by Gasteiger charge is 2.35. The number of halogens is 1. The highest BCUT2D eigenvalue weighted by molar-refractivity contribution is 9.10. The number of fused-ring (bicyclic) bond motifs is 1. The van der Waals surface area contributed by atoms with Crippen molar-refractivity contribution >= 4 is 49.0 Å². The summed E-state index contributed by atoms with van der Waals surface area (Å²) in [7, 11) is -4.00. The van der Waals surface area contributed by atoms with Gasteiger partial charge in [0, 0.05) is 61.2 Å². The van der Waals surface area contributed by atoms with E-state index in [1.54, 1.807) is 18.2 Å². The van der Waals surface area contributed by atoms with Crippen LogP contribution in [0.2, 0.25) is 0 Å². The van der Waals surface area contributed by atoms with E-state index in [-0.39, 0.29) is 42.6 Å². The van der Waals surface area contributed by atoms with E-state index in [0.717, 1.165) is 19.6 Å².